The first-order chi connectivity index (χ1) is 10.5. The van der Waals surface area contributed by atoms with Crippen molar-refractivity contribution in [3.63, 3.8) is 0 Å². The monoisotopic (exact) mass is 318 g/mol. The zero-order valence-electron chi connectivity index (χ0n) is 12.4. The SMILES string of the molecule is Cc1cc(Cl)cnc1Oc1ccc(N(N)CC2CC2)c(N)c1. The van der Waals surface area contributed by atoms with Crippen LogP contribution in [0, 0.1) is 12.8 Å². The predicted molar refractivity (Wildman–Crippen MR) is 89.2 cm³/mol. The van der Waals surface area contributed by atoms with Gasteiger partial charge in [0, 0.05) is 24.4 Å². The van der Waals surface area contributed by atoms with Crippen LogP contribution < -0.4 is 21.3 Å². The number of nitrogens with two attached hydrogens (primary N) is 2. The number of nitrogen functional groups attached to an aromatic ring is 1. The van der Waals surface area contributed by atoms with E-state index in [4.69, 9.17) is 27.9 Å². The third kappa shape index (κ3) is 3.43. The van der Waals surface area contributed by atoms with Crippen LogP contribution in [0.3, 0.4) is 0 Å². The number of pyridine rings is 1. The molecular formula is C16H19ClN4O. The van der Waals surface area contributed by atoms with Crippen LogP contribution in [-0.4, -0.2) is 11.5 Å². The zero-order chi connectivity index (χ0) is 15.7. The Morgan fingerprint density at radius 2 is 2.14 bits per heavy atom. The number of halogens is 1. The second-order valence-corrected chi connectivity index (χ2v) is 6.13. The van der Waals surface area contributed by atoms with Gasteiger partial charge in [0.1, 0.15) is 5.75 Å². The number of hydrazine groups is 1. The molecule has 1 aliphatic carbocycles. The summed E-state index contributed by atoms with van der Waals surface area (Å²) in [6, 6.07) is 7.28. The summed E-state index contributed by atoms with van der Waals surface area (Å²) in [4.78, 5) is 4.18. The van der Waals surface area contributed by atoms with Crippen molar-refractivity contribution in [2.75, 3.05) is 17.3 Å². The highest BCUT2D eigenvalue weighted by Crippen LogP contribution is 2.34. The molecule has 1 aromatic carbocycles. The van der Waals surface area contributed by atoms with Crippen molar-refractivity contribution >= 4 is 23.0 Å². The van der Waals surface area contributed by atoms with Crippen LogP contribution in [0.15, 0.2) is 30.5 Å². The van der Waals surface area contributed by atoms with Gasteiger partial charge in [-0.05, 0) is 43.9 Å². The van der Waals surface area contributed by atoms with Crippen LogP contribution in [0.5, 0.6) is 11.6 Å². The fraction of sp³-hybridized carbons (Fsp3) is 0.312. The summed E-state index contributed by atoms with van der Waals surface area (Å²) in [7, 11) is 0. The lowest BCUT2D eigenvalue weighted by Crippen LogP contribution is -2.33. The van der Waals surface area contributed by atoms with E-state index in [0.717, 1.165) is 17.8 Å². The molecule has 0 radical (unpaired) electrons. The zero-order valence-corrected chi connectivity index (χ0v) is 13.2. The molecule has 3 rings (SSSR count). The lowest BCUT2D eigenvalue weighted by Gasteiger charge is -2.20. The molecule has 116 valence electrons. The molecule has 22 heavy (non-hydrogen) atoms. The molecule has 0 unspecified atom stereocenters. The van der Waals surface area contributed by atoms with Crippen LogP contribution in [0.25, 0.3) is 0 Å². The van der Waals surface area contributed by atoms with E-state index < -0.39 is 0 Å². The van der Waals surface area contributed by atoms with E-state index in [9.17, 15) is 0 Å². The van der Waals surface area contributed by atoms with E-state index >= 15 is 0 Å². The number of aryl methyl sites for hydroxylation is 1. The third-order valence-corrected chi connectivity index (χ3v) is 3.88. The fourth-order valence-corrected chi connectivity index (χ4v) is 2.49. The Labute approximate surface area is 134 Å². The predicted octanol–water partition coefficient (Wildman–Crippen LogP) is 3.51. The molecule has 0 spiro atoms. The maximum absolute atomic E-state index is 6.09. The van der Waals surface area contributed by atoms with Crippen LogP contribution in [0.4, 0.5) is 11.4 Å². The fourth-order valence-electron chi connectivity index (χ4n) is 2.28. The van der Waals surface area contributed by atoms with E-state index in [1.54, 1.807) is 23.3 Å². The largest absolute Gasteiger partial charge is 0.439 e. The van der Waals surface area contributed by atoms with E-state index in [1.165, 1.54) is 12.8 Å². The molecular weight excluding hydrogens is 300 g/mol. The van der Waals surface area contributed by atoms with E-state index in [2.05, 4.69) is 4.98 Å². The summed E-state index contributed by atoms with van der Waals surface area (Å²) in [6.07, 6.45) is 4.05. The number of anilines is 2. The number of rotatable bonds is 5. The first kappa shape index (κ1) is 14.9. The minimum absolute atomic E-state index is 0.513. The van der Waals surface area contributed by atoms with Crippen LogP contribution >= 0.6 is 11.6 Å². The summed E-state index contributed by atoms with van der Waals surface area (Å²) in [5, 5.41) is 2.29. The lowest BCUT2D eigenvalue weighted by atomic mass is 10.2. The van der Waals surface area contributed by atoms with E-state index in [1.807, 2.05) is 19.1 Å². The van der Waals surface area contributed by atoms with Gasteiger partial charge in [0.15, 0.2) is 0 Å². The van der Waals surface area contributed by atoms with Gasteiger partial charge in [-0.3, -0.25) is 0 Å². The van der Waals surface area contributed by atoms with Crippen molar-refractivity contribution < 1.29 is 4.74 Å². The van der Waals surface area contributed by atoms with E-state index in [0.29, 0.717) is 28.3 Å². The molecule has 1 fully saturated rings. The van der Waals surface area contributed by atoms with Gasteiger partial charge in [-0.2, -0.15) is 0 Å². The highest BCUT2D eigenvalue weighted by atomic mass is 35.5. The topological polar surface area (TPSA) is 77.4 Å². The van der Waals surface area contributed by atoms with Gasteiger partial charge in [-0.15, -0.1) is 0 Å². The van der Waals surface area contributed by atoms with Gasteiger partial charge in [0.25, 0.3) is 0 Å². The number of aromatic nitrogens is 1. The number of ether oxygens (including phenoxy) is 1. The second kappa shape index (κ2) is 6.02. The highest BCUT2D eigenvalue weighted by Gasteiger charge is 2.24. The number of benzene rings is 1. The number of hydrogen-bond donors (Lipinski definition) is 2. The second-order valence-electron chi connectivity index (χ2n) is 5.69. The standard InChI is InChI=1S/C16H19ClN4O/c1-10-6-12(17)8-20-16(10)22-13-4-5-15(14(18)7-13)21(19)9-11-2-3-11/h4-8,11H,2-3,9,18-19H2,1H3. The molecule has 0 bridgehead atoms. The first-order valence-electron chi connectivity index (χ1n) is 7.24. The van der Waals surface area contributed by atoms with Gasteiger partial charge in [0.05, 0.1) is 16.4 Å². The first-order valence-corrected chi connectivity index (χ1v) is 7.62. The molecule has 5 nitrogen and oxygen atoms in total. The number of hydrogen-bond acceptors (Lipinski definition) is 5. The summed E-state index contributed by atoms with van der Waals surface area (Å²) in [5.41, 5.74) is 8.37. The average Bonchev–Trinajstić information content (AvgIpc) is 3.26. The third-order valence-electron chi connectivity index (χ3n) is 3.67. The maximum Gasteiger partial charge on any atom is 0.222 e. The molecule has 1 saturated carbocycles. The van der Waals surface area contributed by atoms with Gasteiger partial charge in [-0.25, -0.2) is 10.8 Å². The Morgan fingerprint density at radius 1 is 1.36 bits per heavy atom. The molecule has 6 heteroatoms. The van der Waals surface area contributed by atoms with Crippen molar-refractivity contribution in [1.29, 1.82) is 0 Å². The highest BCUT2D eigenvalue weighted by molar-refractivity contribution is 6.30. The van der Waals surface area contributed by atoms with Crippen molar-refractivity contribution in [2.45, 2.75) is 19.8 Å². The summed E-state index contributed by atoms with van der Waals surface area (Å²) in [5.74, 6) is 7.90. The minimum Gasteiger partial charge on any atom is -0.439 e. The normalized spacial score (nSPS) is 14.0. The van der Waals surface area contributed by atoms with Gasteiger partial charge in [0.2, 0.25) is 5.88 Å². The molecule has 0 atom stereocenters. The molecule has 1 aromatic heterocycles. The molecule has 2 aromatic rings. The van der Waals surface area contributed by atoms with Crippen molar-refractivity contribution in [3.05, 3.63) is 41.0 Å². The van der Waals surface area contributed by atoms with Crippen molar-refractivity contribution in [2.24, 2.45) is 11.8 Å². The van der Waals surface area contributed by atoms with Crippen LogP contribution in [-0.2, 0) is 0 Å². The molecule has 1 aliphatic rings. The molecule has 0 amide bonds. The summed E-state index contributed by atoms with van der Waals surface area (Å²) in [6.45, 7) is 2.73. The van der Waals surface area contributed by atoms with Crippen LogP contribution in [0.1, 0.15) is 18.4 Å². The quantitative estimate of drug-likeness (QED) is 0.501. The summed E-state index contributed by atoms with van der Waals surface area (Å²) >= 11 is 5.89. The van der Waals surface area contributed by atoms with Crippen molar-refractivity contribution in [1.82, 2.24) is 4.98 Å². The Bertz CT molecular complexity index is 688. The smallest absolute Gasteiger partial charge is 0.222 e. The van der Waals surface area contributed by atoms with E-state index in [-0.39, 0.29) is 0 Å². The van der Waals surface area contributed by atoms with Gasteiger partial charge in [-0.1, -0.05) is 11.6 Å². The maximum atomic E-state index is 6.09. The molecule has 0 aliphatic heterocycles. The van der Waals surface area contributed by atoms with Gasteiger partial charge < -0.3 is 15.5 Å². The summed E-state index contributed by atoms with van der Waals surface area (Å²) < 4.78 is 5.76. The Morgan fingerprint density at radius 3 is 2.77 bits per heavy atom. The Balaban J connectivity index is 1.76. The van der Waals surface area contributed by atoms with Gasteiger partial charge >= 0.3 is 0 Å². The number of nitrogens with zero attached hydrogens (tertiary/aromatic N) is 2. The molecule has 1 heterocycles. The molecule has 0 saturated heterocycles. The Kier molecular flexibility index (Phi) is 4.09. The molecule has 4 N–H and O–H groups in total. The lowest BCUT2D eigenvalue weighted by molar-refractivity contribution is 0.459. The van der Waals surface area contributed by atoms with Crippen molar-refractivity contribution in [3.8, 4) is 11.6 Å². The minimum atomic E-state index is 0.513. The average molecular weight is 319 g/mol. The van der Waals surface area contributed by atoms with Crippen LogP contribution in [0.2, 0.25) is 5.02 Å². The Hall–Kier alpha value is -1.98.